The Morgan fingerprint density at radius 2 is 1.78 bits per heavy atom. The van der Waals surface area contributed by atoms with Crippen molar-refractivity contribution in [3.8, 4) is 0 Å². The first kappa shape index (κ1) is 23.5. The molecular weight excluding hydrogens is 441 g/mol. The Hall–Kier alpha value is -3.20. The molecule has 0 aliphatic heterocycles. The van der Waals surface area contributed by atoms with Gasteiger partial charge in [0.2, 0.25) is 5.91 Å². The van der Waals surface area contributed by atoms with Gasteiger partial charge in [-0.25, -0.2) is 4.98 Å². The van der Waals surface area contributed by atoms with Crippen molar-refractivity contribution < 1.29 is 27.5 Å². The highest BCUT2D eigenvalue weighted by Crippen LogP contribution is 2.32. The molecular formula is C23H21F3N2O3S. The van der Waals surface area contributed by atoms with Gasteiger partial charge in [-0.05, 0) is 43.2 Å². The van der Waals surface area contributed by atoms with E-state index in [1.165, 1.54) is 35.3 Å². The zero-order valence-corrected chi connectivity index (χ0v) is 18.5. The number of benzene rings is 2. The SMILES string of the molecule is CC(=O)N(c1nc(COC(=O)Cc2ccc(C(F)(F)F)cc2)cs1)c1ccc(C)cc1C. The summed E-state index contributed by atoms with van der Waals surface area (Å²) in [6, 6.07) is 10.1. The number of thiazole rings is 1. The van der Waals surface area contributed by atoms with E-state index in [4.69, 9.17) is 4.74 Å². The number of aromatic nitrogens is 1. The van der Waals surface area contributed by atoms with Crippen molar-refractivity contribution in [2.75, 3.05) is 4.90 Å². The second-order valence-corrected chi connectivity index (χ2v) is 8.13. The number of esters is 1. The molecule has 32 heavy (non-hydrogen) atoms. The number of carbonyl (C=O) groups is 2. The standard InChI is InChI=1S/C23H21F3N2O3S/c1-14-4-9-20(15(2)10-14)28(16(3)29)22-27-19(13-32-22)12-31-21(30)11-17-5-7-18(8-6-17)23(24,25)26/h4-10,13H,11-12H2,1-3H3. The van der Waals surface area contributed by atoms with E-state index in [0.717, 1.165) is 28.9 Å². The average Bonchev–Trinajstić information content (AvgIpc) is 3.16. The van der Waals surface area contributed by atoms with Gasteiger partial charge in [0.05, 0.1) is 23.4 Å². The van der Waals surface area contributed by atoms with Crippen LogP contribution in [0.1, 0.15) is 34.9 Å². The van der Waals surface area contributed by atoms with Crippen molar-refractivity contribution in [3.63, 3.8) is 0 Å². The van der Waals surface area contributed by atoms with Crippen LogP contribution < -0.4 is 4.90 Å². The average molecular weight is 462 g/mol. The lowest BCUT2D eigenvalue weighted by Crippen LogP contribution is -2.23. The second kappa shape index (κ2) is 9.52. The van der Waals surface area contributed by atoms with Crippen LogP contribution >= 0.6 is 11.3 Å². The summed E-state index contributed by atoms with van der Waals surface area (Å²) in [5.41, 5.74) is 2.85. The van der Waals surface area contributed by atoms with Gasteiger partial charge in [-0.3, -0.25) is 14.5 Å². The second-order valence-electron chi connectivity index (χ2n) is 7.30. The Morgan fingerprint density at radius 3 is 2.38 bits per heavy atom. The molecule has 0 bridgehead atoms. The number of aryl methyl sites for hydroxylation is 2. The van der Waals surface area contributed by atoms with Crippen molar-refractivity contribution in [2.24, 2.45) is 0 Å². The maximum absolute atomic E-state index is 12.6. The van der Waals surface area contributed by atoms with Crippen LogP contribution in [0.5, 0.6) is 0 Å². The number of alkyl halides is 3. The van der Waals surface area contributed by atoms with Gasteiger partial charge >= 0.3 is 12.1 Å². The molecule has 1 aromatic heterocycles. The molecule has 1 amide bonds. The molecule has 1 heterocycles. The number of hydrogen-bond acceptors (Lipinski definition) is 5. The Labute approximate surface area is 187 Å². The molecule has 0 unspecified atom stereocenters. The van der Waals surface area contributed by atoms with Crippen LogP contribution in [0.15, 0.2) is 47.8 Å². The van der Waals surface area contributed by atoms with Crippen LogP contribution in [0, 0.1) is 13.8 Å². The molecule has 0 spiro atoms. The zero-order valence-electron chi connectivity index (χ0n) is 17.7. The van der Waals surface area contributed by atoms with E-state index in [1.807, 2.05) is 32.0 Å². The van der Waals surface area contributed by atoms with E-state index in [-0.39, 0.29) is 18.9 Å². The summed E-state index contributed by atoms with van der Waals surface area (Å²) in [6.07, 6.45) is -4.58. The number of halogens is 3. The molecule has 3 rings (SSSR count). The minimum Gasteiger partial charge on any atom is -0.459 e. The molecule has 0 saturated heterocycles. The van der Waals surface area contributed by atoms with Gasteiger partial charge in [-0.1, -0.05) is 29.8 Å². The molecule has 5 nitrogen and oxygen atoms in total. The van der Waals surface area contributed by atoms with Crippen molar-refractivity contribution in [1.29, 1.82) is 0 Å². The van der Waals surface area contributed by atoms with Crippen molar-refractivity contribution >= 4 is 34.0 Å². The fourth-order valence-electron chi connectivity index (χ4n) is 3.11. The van der Waals surface area contributed by atoms with Gasteiger partial charge in [0, 0.05) is 12.3 Å². The summed E-state index contributed by atoms with van der Waals surface area (Å²) in [5, 5.41) is 2.15. The van der Waals surface area contributed by atoms with Gasteiger partial charge in [0.1, 0.15) is 6.61 Å². The number of ether oxygens (including phenoxy) is 1. The van der Waals surface area contributed by atoms with E-state index in [0.29, 0.717) is 16.4 Å². The van der Waals surface area contributed by atoms with Gasteiger partial charge in [0.25, 0.3) is 0 Å². The monoisotopic (exact) mass is 462 g/mol. The smallest absolute Gasteiger partial charge is 0.416 e. The number of hydrogen-bond donors (Lipinski definition) is 0. The molecule has 0 radical (unpaired) electrons. The van der Waals surface area contributed by atoms with Crippen molar-refractivity contribution in [1.82, 2.24) is 4.98 Å². The first-order valence-electron chi connectivity index (χ1n) is 9.68. The Morgan fingerprint density at radius 1 is 1.09 bits per heavy atom. The molecule has 0 saturated carbocycles. The molecule has 0 atom stereocenters. The predicted octanol–water partition coefficient (Wildman–Crippen LogP) is 5.75. The summed E-state index contributed by atoms with van der Waals surface area (Å²) >= 11 is 1.25. The minimum atomic E-state index is -4.42. The maximum Gasteiger partial charge on any atom is 0.416 e. The maximum atomic E-state index is 12.6. The highest BCUT2D eigenvalue weighted by molar-refractivity contribution is 7.14. The van der Waals surface area contributed by atoms with E-state index in [9.17, 15) is 22.8 Å². The topological polar surface area (TPSA) is 59.5 Å². The van der Waals surface area contributed by atoms with Crippen LogP contribution in [0.25, 0.3) is 0 Å². The van der Waals surface area contributed by atoms with E-state index in [1.54, 1.807) is 5.38 Å². The van der Waals surface area contributed by atoms with E-state index in [2.05, 4.69) is 4.98 Å². The number of amides is 1. The Kier molecular flexibility index (Phi) is 6.98. The normalized spacial score (nSPS) is 11.3. The molecule has 0 aliphatic rings. The predicted molar refractivity (Wildman–Crippen MR) is 116 cm³/mol. The highest BCUT2D eigenvalue weighted by atomic mass is 32.1. The van der Waals surface area contributed by atoms with Gasteiger partial charge in [-0.2, -0.15) is 13.2 Å². The fourth-order valence-corrected chi connectivity index (χ4v) is 3.98. The lowest BCUT2D eigenvalue weighted by atomic mass is 10.1. The number of rotatable bonds is 6. The Balaban J connectivity index is 1.64. The molecule has 2 aromatic carbocycles. The third-order valence-electron chi connectivity index (χ3n) is 4.65. The summed E-state index contributed by atoms with van der Waals surface area (Å²) in [5.74, 6) is -0.783. The van der Waals surface area contributed by atoms with Gasteiger partial charge in [-0.15, -0.1) is 11.3 Å². The fraction of sp³-hybridized carbons (Fsp3) is 0.261. The summed E-state index contributed by atoms with van der Waals surface area (Å²) in [6.45, 7) is 5.23. The van der Waals surface area contributed by atoms with Crippen molar-refractivity contribution in [2.45, 2.75) is 40.0 Å². The summed E-state index contributed by atoms with van der Waals surface area (Å²) in [4.78, 5) is 30.3. The lowest BCUT2D eigenvalue weighted by Gasteiger charge is -2.20. The summed E-state index contributed by atoms with van der Waals surface area (Å²) in [7, 11) is 0. The number of carbonyl (C=O) groups excluding carboxylic acids is 2. The van der Waals surface area contributed by atoms with Gasteiger partial charge < -0.3 is 4.74 Å². The quantitative estimate of drug-likeness (QED) is 0.438. The minimum absolute atomic E-state index is 0.103. The zero-order chi connectivity index (χ0) is 23.5. The van der Waals surface area contributed by atoms with Crippen LogP contribution in [-0.2, 0) is 33.5 Å². The molecule has 168 valence electrons. The van der Waals surface area contributed by atoms with Crippen LogP contribution in [-0.4, -0.2) is 16.9 Å². The Bertz CT molecular complexity index is 1120. The van der Waals surface area contributed by atoms with E-state index >= 15 is 0 Å². The largest absolute Gasteiger partial charge is 0.459 e. The third kappa shape index (κ3) is 5.73. The van der Waals surface area contributed by atoms with Gasteiger partial charge in [0.15, 0.2) is 5.13 Å². The number of anilines is 2. The highest BCUT2D eigenvalue weighted by Gasteiger charge is 2.30. The molecule has 0 aliphatic carbocycles. The summed E-state index contributed by atoms with van der Waals surface area (Å²) < 4.78 is 43.1. The van der Waals surface area contributed by atoms with Crippen LogP contribution in [0.3, 0.4) is 0 Å². The van der Waals surface area contributed by atoms with Crippen molar-refractivity contribution in [3.05, 3.63) is 75.8 Å². The first-order valence-corrected chi connectivity index (χ1v) is 10.6. The van der Waals surface area contributed by atoms with E-state index < -0.39 is 17.7 Å². The molecule has 0 N–H and O–H groups in total. The lowest BCUT2D eigenvalue weighted by molar-refractivity contribution is -0.144. The molecule has 3 aromatic rings. The third-order valence-corrected chi connectivity index (χ3v) is 5.52. The molecule has 0 fully saturated rings. The van der Waals surface area contributed by atoms with Crippen LogP contribution in [0.4, 0.5) is 24.0 Å². The first-order chi connectivity index (χ1) is 15.0. The number of nitrogens with zero attached hydrogens (tertiary/aromatic N) is 2. The van der Waals surface area contributed by atoms with Crippen LogP contribution in [0.2, 0.25) is 0 Å². The molecule has 9 heteroatoms.